The number of hydrogen-bond donors (Lipinski definition) is 0. The Bertz CT molecular complexity index is 1350. The molecule has 5 rings (SSSR count). The first kappa shape index (κ1) is 18.0. The fraction of sp³-hybridized carbons (Fsp3) is 0.136. The maximum atomic E-state index is 5.47. The summed E-state index contributed by atoms with van der Waals surface area (Å²) in [6.07, 6.45) is 3.40. The number of hydrogen-bond acceptors (Lipinski definition) is 6. The van der Waals surface area contributed by atoms with Crippen molar-refractivity contribution in [2.45, 2.75) is 20.5 Å². The van der Waals surface area contributed by atoms with Crippen LogP contribution in [-0.2, 0) is 11.4 Å². The summed E-state index contributed by atoms with van der Waals surface area (Å²) in [4.78, 5) is 14.6. The molecule has 0 N–H and O–H groups in total. The van der Waals surface area contributed by atoms with Crippen LogP contribution < -0.4 is 0 Å². The van der Waals surface area contributed by atoms with E-state index >= 15 is 0 Å². The zero-order valence-electron chi connectivity index (χ0n) is 16.6. The van der Waals surface area contributed by atoms with Crippen LogP contribution in [0.4, 0.5) is 0 Å². The summed E-state index contributed by atoms with van der Waals surface area (Å²) < 4.78 is 3.43. The summed E-state index contributed by atoms with van der Waals surface area (Å²) in [6, 6.07) is 18.0. The number of aryl methyl sites for hydroxylation is 1. The van der Waals surface area contributed by atoms with Crippen LogP contribution in [0.5, 0.6) is 0 Å². The largest absolute Gasteiger partial charge is 0.387 e. The van der Waals surface area contributed by atoms with E-state index in [0.717, 1.165) is 28.0 Å². The third-order valence-electron chi connectivity index (χ3n) is 4.81. The van der Waals surface area contributed by atoms with E-state index in [-0.39, 0.29) is 6.61 Å². The van der Waals surface area contributed by atoms with Gasteiger partial charge in [-0.2, -0.15) is 5.10 Å². The topological polar surface area (TPSA) is 82.5 Å². The van der Waals surface area contributed by atoms with Crippen molar-refractivity contribution in [3.8, 4) is 5.69 Å². The van der Waals surface area contributed by atoms with Gasteiger partial charge in [-0.05, 0) is 31.5 Å². The van der Waals surface area contributed by atoms with Crippen molar-refractivity contribution < 1.29 is 4.84 Å². The Morgan fingerprint density at radius 2 is 1.83 bits per heavy atom. The molecule has 30 heavy (non-hydrogen) atoms. The van der Waals surface area contributed by atoms with Crippen LogP contribution in [0, 0.1) is 6.92 Å². The molecule has 5 aromatic rings. The van der Waals surface area contributed by atoms with E-state index in [9.17, 15) is 0 Å². The van der Waals surface area contributed by atoms with Crippen LogP contribution >= 0.6 is 0 Å². The van der Waals surface area contributed by atoms with Crippen molar-refractivity contribution in [3.05, 3.63) is 84.1 Å². The molecule has 0 unspecified atom stereocenters. The van der Waals surface area contributed by atoms with E-state index in [1.54, 1.807) is 21.7 Å². The fourth-order valence-corrected chi connectivity index (χ4v) is 3.22. The lowest BCUT2D eigenvalue weighted by atomic mass is 10.1. The molecule has 2 aromatic carbocycles. The Balaban J connectivity index is 1.42. The van der Waals surface area contributed by atoms with Crippen LogP contribution in [0.25, 0.3) is 22.4 Å². The van der Waals surface area contributed by atoms with Gasteiger partial charge in [0.25, 0.3) is 0 Å². The fourth-order valence-electron chi connectivity index (χ4n) is 3.22. The molecule has 0 aliphatic carbocycles. The van der Waals surface area contributed by atoms with Crippen molar-refractivity contribution in [2.24, 2.45) is 5.16 Å². The van der Waals surface area contributed by atoms with Crippen molar-refractivity contribution in [2.75, 3.05) is 0 Å². The average molecular weight is 397 g/mol. The minimum absolute atomic E-state index is 0.166. The van der Waals surface area contributed by atoms with Crippen molar-refractivity contribution >= 4 is 22.4 Å². The first-order chi connectivity index (χ1) is 14.7. The standard InChI is InChI=1S/C22H19N7O/c1-15-8-10-18(11-9-15)29-21-19(12-24-29)22-25-20(26-28(22)14-23-21)13-30-27-16(2)17-6-4-3-5-7-17/h3-12,14H,13H2,1-2H3/b27-16-. The van der Waals surface area contributed by atoms with E-state index in [1.807, 2.05) is 61.5 Å². The zero-order valence-corrected chi connectivity index (χ0v) is 16.6. The summed E-state index contributed by atoms with van der Waals surface area (Å²) in [5.74, 6) is 0.525. The molecule has 0 spiro atoms. The number of aromatic nitrogens is 6. The van der Waals surface area contributed by atoms with E-state index < -0.39 is 0 Å². The van der Waals surface area contributed by atoms with Crippen LogP contribution in [0.3, 0.4) is 0 Å². The van der Waals surface area contributed by atoms with Gasteiger partial charge in [-0.15, -0.1) is 5.10 Å². The monoisotopic (exact) mass is 397 g/mol. The highest BCUT2D eigenvalue weighted by Crippen LogP contribution is 2.20. The molecule has 0 atom stereocenters. The van der Waals surface area contributed by atoms with Gasteiger partial charge in [0.05, 0.1) is 23.0 Å². The zero-order chi connectivity index (χ0) is 20.5. The SMILES string of the molecule is C/C(=N/OCc1nc2c3cnn(-c4ccc(C)cc4)c3ncn2n1)c1ccccc1. The second-order valence-electron chi connectivity index (χ2n) is 6.99. The Morgan fingerprint density at radius 1 is 1.03 bits per heavy atom. The molecule has 8 heteroatoms. The first-order valence-electron chi connectivity index (χ1n) is 9.56. The maximum Gasteiger partial charge on any atom is 0.192 e. The van der Waals surface area contributed by atoms with Gasteiger partial charge in [-0.3, -0.25) is 0 Å². The molecule has 0 radical (unpaired) electrons. The Morgan fingerprint density at radius 3 is 2.63 bits per heavy atom. The third-order valence-corrected chi connectivity index (χ3v) is 4.81. The highest BCUT2D eigenvalue weighted by molar-refractivity contribution is 5.98. The highest BCUT2D eigenvalue weighted by Gasteiger charge is 2.13. The van der Waals surface area contributed by atoms with Crippen LogP contribution in [0.1, 0.15) is 23.9 Å². The number of rotatable bonds is 5. The number of oxime groups is 1. The summed E-state index contributed by atoms with van der Waals surface area (Å²) in [6.45, 7) is 4.12. The first-order valence-corrected chi connectivity index (χ1v) is 9.56. The molecule has 0 saturated carbocycles. The highest BCUT2D eigenvalue weighted by atomic mass is 16.6. The van der Waals surface area contributed by atoms with Gasteiger partial charge in [0.1, 0.15) is 6.33 Å². The predicted octanol–water partition coefficient (Wildman–Crippen LogP) is 3.71. The molecule has 0 saturated heterocycles. The molecular weight excluding hydrogens is 378 g/mol. The quantitative estimate of drug-likeness (QED) is 0.333. The second kappa shape index (κ2) is 7.40. The minimum atomic E-state index is 0.166. The van der Waals surface area contributed by atoms with Gasteiger partial charge >= 0.3 is 0 Å². The van der Waals surface area contributed by atoms with Gasteiger partial charge in [-0.25, -0.2) is 19.2 Å². The van der Waals surface area contributed by atoms with Gasteiger partial charge in [0.2, 0.25) is 0 Å². The van der Waals surface area contributed by atoms with Gasteiger partial charge < -0.3 is 4.84 Å². The van der Waals surface area contributed by atoms with Crippen molar-refractivity contribution in [1.29, 1.82) is 0 Å². The lowest BCUT2D eigenvalue weighted by Gasteiger charge is -2.03. The van der Waals surface area contributed by atoms with Gasteiger partial charge in [0.15, 0.2) is 23.7 Å². The van der Waals surface area contributed by atoms with Crippen molar-refractivity contribution in [3.63, 3.8) is 0 Å². The smallest absolute Gasteiger partial charge is 0.192 e. The molecule has 0 bridgehead atoms. The molecule has 0 amide bonds. The van der Waals surface area contributed by atoms with E-state index in [4.69, 9.17) is 4.84 Å². The van der Waals surface area contributed by atoms with E-state index in [1.165, 1.54) is 5.56 Å². The lowest BCUT2D eigenvalue weighted by molar-refractivity contribution is 0.125. The summed E-state index contributed by atoms with van der Waals surface area (Å²) >= 11 is 0. The molecule has 3 aromatic heterocycles. The molecule has 0 fully saturated rings. The maximum absolute atomic E-state index is 5.47. The summed E-state index contributed by atoms with van der Waals surface area (Å²) in [5, 5.41) is 13.9. The van der Waals surface area contributed by atoms with Gasteiger partial charge in [-0.1, -0.05) is 53.2 Å². The van der Waals surface area contributed by atoms with Crippen LogP contribution in [0.2, 0.25) is 0 Å². The Labute approximate surface area is 172 Å². The molecule has 148 valence electrons. The number of fused-ring (bicyclic) bond motifs is 3. The lowest BCUT2D eigenvalue weighted by Crippen LogP contribution is -1.99. The molecule has 0 aliphatic heterocycles. The minimum Gasteiger partial charge on any atom is -0.387 e. The molecule has 8 nitrogen and oxygen atoms in total. The van der Waals surface area contributed by atoms with Crippen LogP contribution in [-0.4, -0.2) is 35.1 Å². The number of nitrogens with zero attached hydrogens (tertiary/aromatic N) is 7. The number of benzene rings is 2. The average Bonchev–Trinajstić information content (AvgIpc) is 3.38. The van der Waals surface area contributed by atoms with E-state index in [0.29, 0.717) is 11.5 Å². The molecular formula is C22H19N7O. The summed E-state index contributed by atoms with van der Waals surface area (Å²) in [7, 11) is 0. The second-order valence-corrected chi connectivity index (χ2v) is 6.99. The van der Waals surface area contributed by atoms with E-state index in [2.05, 4.69) is 32.2 Å². The third kappa shape index (κ3) is 3.28. The Hall–Kier alpha value is -4.07. The van der Waals surface area contributed by atoms with Crippen molar-refractivity contribution in [1.82, 2.24) is 29.4 Å². The molecule has 0 aliphatic rings. The Kier molecular flexibility index (Phi) is 4.44. The normalized spacial score (nSPS) is 12.0. The van der Waals surface area contributed by atoms with Gasteiger partial charge in [0, 0.05) is 0 Å². The van der Waals surface area contributed by atoms with Crippen LogP contribution in [0.15, 0.2) is 72.3 Å². The molecule has 3 heterocycles. The predicted molar refractivity (Wildman–Crippen MR) is 114 cm³/mol. The summed E-state index contributed by atoms with van der Waals surface area (Å²) in [5.41, 5.74) is 5.35.